The first-order chi connectivity index (χ1) is 10.0. The zero-order valence-electron chi connectivity index (χ0n) is 12.3. The van der Waals surface area contributed by atoms with Gasteiger partial charge in [-0.15, -0.1) is 0 Å². The predicted molar refractivity (Wildman–Crippen MR) is 77.2 cm³/mol. The van der Waals surface area contributed by atoms with Crippen molar-refractivity contribution in [2.75, 3.05) is 27.7 Å². The summed E-state index contributed by atoms with van der Waals surface area (Å²) in [5.41, 5.74) is 0.284. The van der Waals surface area contributed by atoms with E-state index in [1.165, 1.54) is 25.4 Å². The lowest BCUT2D eigenvalue weighted by Crippen LogP contribution is -2.22. The zero-order chi connectivity index (χ0) is 15.4. The van der Waals surface area contributed by atoms with Crippen LogP contribution in [0.1, 0.15) is 16.1 Å². The molecule has 112 valence electrons. The maximum Gasteiger partial charge on any atom is 0.217 e. The monoisotopic (exact) mass is 291 g/mol. The Hall–Kier alpha value is -2.21. The molecule has 0 saturated heterocycles. The lowest BCUT2D eigenvalue weighted by atomic mass is 10.1. The number of carbonyl (C=O) groups is 1. The maximum absolute atomic E-state index is 13.8. The van der Waals surface area contributed by atoms with Crippen LogP contribution in [0.5, 0.6) is 5.75 Å². The molecular weight excluding hydrogens is 273 g/mol. The normalized spacial score (nSPS) is 10.9. The average molecular weight is 291 g/mol. The van der Waals surface area contributed by atoms with Crippen molar-refractivity contribution in [2.24, 2.45) is 0 Å². The summed E-state index contributed by atoms with van der Waals surface area (Å²) < 4.78 is 20.5. The number of methoxy groups -OCH3 is 1. The quantitative estimate of drug-likeness (QED) is 0.762. The molecule has 0 aliphatic rings. The lowest BCUT2D eigenvalue weighted by molar-refractivity contribution is 0.102. The molecule has 0 saturated carbocycles. The Bertz CT molecular complexity index is 638. The summed E-state index contributed by atoms with van der Waals surface area (Å²) in [5, 5.41) is 4.16. The first kappa shape index (κ1) is 15.2. The van der Waals surface area contributed by atoms with E-state index in [4.69, 9.17) is 4.74 Å². The highest BCUT2D eigenvalue weighted by atomic mass is 19.1. The van der Waals surface area contributed by atoms with E-state index in [1.807, 2.05) is 19.0 Å². The van der Waals surface area contributed by atoms with E-state index in [0.29, 0.717) is 18.8 Å². The zero-order valence-corrected chi connectivity index (χ0v) is 12.3. The molecule has 5 nitrogen and oxygen atoms in total. The van der Waals surface area contributed by atoms with Crippen LogP contribution in [0.15, 0.2) is 30.5 Å². The molecule has 0 fully saturated rings. The highest BCUT2D eigenvalue weighted by molar-refractivity contribution is 6.09. The number of aromatic nitrogens is 2. The Kier molecular flexibility index (Phi) is 4.70. The summed E-state index contributed by atoms with van der Waals surface area (Å²) in [5.74, 6) is -0.631. The van der Waals surface area contributed by atoms with E-state index >= 15 is 0 Å². The largest absolute Gasteiger partial charge is 0.493 e. The Morgan fingerprint density at radius 1 is 1.38 bits per heavy atom. The van der Waals surface area contributed by atoms with Gasteiger partial charge < -0.3 is 9.64 Å². The first-order valence-electron chi connectivity index (χ1n) is 6.58. The fraction of sp³-hybridized carbons (Fsp3) is 0.333. The number of likely N-dealkylation sites (N-methyl/N-ethyl adjacent to an activating group) is 1. The molecule has 0 spiro atoms. The Morgan fingerprint density at radius 2 is 2.10 bits per heavy atom. The minimum absolute atomic E-state index is 0.0161. The van der Waals surface area contributed by atoms with Crippen LogP contribution in [0, 0.1) is 5.82 Å². The number of ether oxygens (including phenoxy) is 1. The molecule has 1 heterocycles. The number of hydrogen-bond donors (Lipinski definition) is 0. The van der Waals surface area contributed by atoms with Crippen LogP contribution in [0.4, 0.5) is 4.39 Å². The number of rotatable bonds is 6. The Labute approximate surface area is 122 Å². The summed E-state index contributed by atoms with van der Waals surface area (Å²) >= 11 is 0. The second kappa shape index (κ2) is 6.49. The minimum Gasteiger partial charge on any atom is -0.493 e. The third-order valence-corrected chi connectivity index (χ3v) is 3.12. The van der Waals surface area contributed by atoms with Gasteiger partial charge in [0.2, 0.25) is 5.78 Å². The van der Waals surface area contributed by atoms with Gasteiger partial charge in [-0.1, -0.05) is 12.1 Å². The molecule has 0 N–H and O–H groups in total. The van der Waals surface area contributed by atoms with Crippen molar-refractivity contribution in [3.05, 3.63) is 47.5 Å². The Balaban J connectivity index is 2.39. The van der Waals surface area contributed by atoms with Crippen LogP contribution in [0.25, 0.3) is 0 Å². The second-order valence-electron chi connectivity index (χ2n) is 4.90. The van der Waals surface area contributed by atoms with Gasteiger partial charge in [-0.05, 0) is 26.2 Å². The molecule has 0 bridgehead atoms. The lowest BCUT2D eigenvalue weighted by Gasteiger charge is -2.12. The van der Waals surface area contributed by atoms with E-state index in [9.17, 15) is 9.18 Å². The molecule has 2 rings (SSSR count). The molecular formula is C15H18FN3O2. The number of nitrogens with zero attached hydrogens (tertiary/aromatic N) is 3. The number of benzene rings is 1. The minimum atomic E-state index is -0.551. The van der Waals surface area contributed by atoms with Gasteiger partial charge >= 0.3 is 0 Å². The van der Waals surface area contributed by atoms with Crippen molar-refractivity contribution in [1.82, 2.24) is 14.7 Å². The second-order valence-corrected chi connectivity index (χ2v) is 4.90. The summed E-state index contributed by atoms with van der Waals surface area (Å²) in [4.78, 5) is 14.6. The predicted octanol–water partition coefficient (Wildman–Crippen LogP) is 1.82. The van der Waals surface area contributed by atoms with Crippen molar-refractivity contribution in [2.45, 2.75) is 6.54 Å². The van der Waals surface area contributed by atoms with Crippen molar-refractivity contribution in [3.8, 4) is 5.75 Å². The molecule has 6 heteroatoms. The number of ketones is 1. The van der Waals surface area contributed by atoms with Gasteiger partial charge in [0, 0.05) is 6.54 Å². The highest BCUT2D eigenvalue weighted by Crippen LogP contribution is 2.22. The molecule has 0 unspecified atom stereocenters. The number of hydrogen-bond acceptors (Lipinski definition) is 4. The SMILES string of the molecule is COc1cnn(CCN(C)C)c1C(=O)c1ccccc1F. The molecule has 2 aromatic rings. The van der Waals surface area contributed by atoms with Crippen molar-refractivity contribution < 1.29 is 13.9 Å². The summed E-state index contributed by atoms with van der Waals surface area (Å²) in [6.45, 7) is 1.23. The number of carbonyl (C=O) groups excluding carboxylic acids is 1. The van der Waals surface area contributed by atoms with E-state index in [2.05, 4.69) is 5.10 Å². The van der Waals surface area contributed by atoms with Crippen molar-refractivity contribution in [3.63, 3.8) is 0 Å². The fourth-order valence-corrected chi connectivity index (χ4v) is 1.98. The van der Waals surface area contributed by atoms with Crippen LogP contribution in [-0.2, 0) is 6.54 Å². The van der Waals surface area contributed by atoms with Gasteiger partial charge in [0.15, 0.2) is 11.4 Å². The van der Waals surface area contributed by atoms with Gasteiger partial charge in [0.25, 0.3) is 0 Å². The summed E-state index contributed by atoms with van der Waals surface area (Å²) in [6.07, 6.45) is 1.48. The molecule has 0 aliphatic carbocycles. The van der Waals surface area contributed by atoms with Gasteiger partial charge in [-0.3, -0.25) is 9.48 Å². The summed E-state index contributed by atoms with van der Waals surface area (Å²) in [6, 6.07) is 5.90. The van der Waals surface area contributed by atoms with Crippen LogP contribution >= 0.6 is 0 Å². The van der Waals surface area contributed by atoms with Crippen molar-refractivity contribution in [1.29, 1.82) is 0 Å². The molecule has 0 radical (unpaired) electrons. The van der Waals surface area contributed by atoms with Crippen LogP contribution in [-0.4, -0.2) is 48.2 Å². The van der Waals surface area contributed by atoms with Crippen LogP contribution < -0.4 is 4.74 Å². The summed E-state index contributed by atoms with van der Waals surface area (Å²) in [7, 11) is 5.32. The van der Waals surface area contributed by atoms with Crippen LogP contribution in [0.3, 0.4) is 0 Å². The third kappa shape index (κ3) is 3.28. The molecule has 1 aromatic carbocycles. The Morgan fingerprint density at radius 3 is 2.71 bits per heavy atom. The highest BCUT2D eigenvalue weighted by Gasteiger charge is 2.23. The van der Waals surface area contributed by atoms with E-state index in [-0.39, 0.29) is 11.3 Å². The topological polar surface area (TPSA) is 47.4 Å². The van der Waals surface area contributed by atoms with E-state index in [1.54, 1.807) is 16.8 Å². The van der Waals surface area contributed by atoms with Gasteiger partial charge in [-0.25, -0.2) is 4.39 Å². The molecule has 0 aliphatic heterocycles. The standard InChI is InChI=1S/C15H18FN3O2/c1-18(2)8-9-19-14(13(21-3)10-17-19)15(20)11-6-4-5-7-12(11)16/h4-7,10H,8-9H2,1-3H3. The van der Waals surface area contributed by atoms with Gasteiger partial charge in [-0.2, -0.15) is 5.10 Å². The smallest absolute Gasteiger partial charge is 0.217 e. The maximum atomic E-state index is 13.8. The van der Waals surface area contributed by atoms with Gasteiger partial charge in [0.1, 0.15) is 5.82 Å². The molecule has 1 aromatic heterocycles. The fourth-order valence-electron chi connectivity index (χ4n) is 1.98. The molecule has 0 amide bonds. The third-order valence-electron chi connectivity index (χ3n) is 3.12. The van der Waals surface area contributed by atoms with Crippen LogP contribution in [0.2, 0.25) is 0 Å². The van der Waals surface area contributed by atoms with Gasteiger partial charge in [0.05, 0.1) is 25.4 Å². The number of halogens is 1. The van der Waals surface area contributed by atoms with Crippen molar-refractivity contribution >= 4 is 5.78 Å². The van der Waals surface area contributed by atoms with E-state index < -0.39 is 11.6 Å². The average Bonchev–Trinajstić information content (AvgIpc) is 2.87. The molecule has 0 atom stereocenters. The van der Waals surface area contributed by atoms with E-state index in [0.717, 1.165) is 0 Å². The first-order valence-corrected chi connectivity index (χ1v) is 6.58. The molecule has 21 heavy (non-hydrogen) atoms.